The number of hydrogen-bond donors (Lipinski definition) is 3. The van der Waals surface area contributed by atoms with Gasteiger partial charge in [0.1, 0.15) is 12.1 Å². The average molecular weight is 429 g/mol. The van der Waals surface area contributed by atoms with E-state index in [2.05, 4.69) is 36.5 Å². The number of nitrogens with zero attached hydrogens (tertiary/aromatic N) is 2. The van der Waals surface area contributed by atoms with Gasteiger partial charge in [-0.3, -0.25) is 4.79 Å². The zero-order valence-corrected chi connectivity index (χ0v) is 15.3. The minimum atomic E-state index is -1.15. The summed E-state index contributed by atoms with van der Waals surface area (Å²) in [4.78, 5) is 31.4. The van der Waals surface area contributed by atoms with Crippen LogP contribution in [-0.4, -0.2) is 39.2 Å². The number of anilines is 3. The van der Waals surface area contributed by atoms with E-state index < -0.39 is 24.1 Å². The van der Waals surface area contributed by atoms with Gasteiger partial charge in [-0.1, -0.05) is 22.0 Å². The molecule has 3 aromatic rings. The molecule has 136 valence electrons. The van der Waals surface area contributed by atoms with Gasteiger partial charge >= 0.3 is 5.97 Å². The van der Waals surface area contributed by atoms with Gasteiger partial charge < -0.3 is 20.5 Å². The average Bonchev–Trinajstić information content (AvgIpc) is 3.43. The lowest BCUT2D eigenvalue weighted by Gasteiger charge is -2.10. The van der Waals surface area contributed by atoms with E-state index in [1.807, 2.05) is 24.3 Å². The summed E-state index contributed by atoms with van der Waals surface area (Å²) in [6.45, 7) is 0. The summed E-state index contributed by atoms with van der Waals surface area (Å²) in [5.74, 6) is -1.07. The molecule has 0 radical (unpaired) electrons. The normalized spacial score (nSPS) is 18.1. The first-order chi connectivity index (χ1) is 13.0. The largest absolute Gasteiger partial charge is 0.479 e. The molecule has 0 unspecified atom stereocenters. The van der Waals surface area contributed by atoms with Gasteiger partial charge in [-0.15, -0.1) is 0 Å². The highest BCUT2D eigenvalue weighted by Gasteiger charge is 2.50. The van der Waals surface area contributed by atoms with E-state index in [1.54, 1.807) is 18.2 Å². The van der Waals surface area contributed by atoms with Gasteiger partial charge in [-0.05, 0) is 36.4 Å². The van der Waals surface area contributed by atoms with Crippen LogP contribution in [0.15, 0.2) is 53.3 Å². The van der Waals surface area contributed by atoms with E-state index in [-0.39, 0.29) is 0 Å². The number of carbonyl (C=O) groups excluding carboxylic acids is 1. The molecule has 0 spiro atoms. The van der Waals surface area contributed by atoms with Crippen LogP contribution in [0.5, 0.6) is 0 Å². The third-order valence-corrected chi connectivity index (χ3v) is 4.48. The van der Waals surface area contributed by atoms with Gasteiger partial charge in [0, 0.05) is 21.2 Å². The predicted octanol–water partition coefficient (Wildman–Crippen LogP) is 2.93. The molecular formula is C18H13BrN4O4. The number of benzene rings is 2. The summed E-state index contributed by atoms with van der Waals surface area (Å²) in [6.07, 6.45) is -0.594. The summed E-state index contributed by atoms with van der Waals surface area (Å²) >= 11 is 3.42. The molecule has 3 N–H and O–H groups in total. The number of fused-ring (bicyclic) bond motifs is 1. The van der Waals surface area contributed by atoms with Crippen molar-refractivity contribution >= 4 is 55.9 Å². The molecule has 1 fully saturated rings. The molecule has 0 saturated carbocycles. The van der Waals surface area contributed by atoms with Gasteiger partial charge in [0.05, 0.1) is 5.52 Å². The maximum absolute atomic E-state index is 12.1. The number of rotatable bonds is 5. The van der Waals surface area contributed by atoms with Crippen molar-refractivity contribution in [1.82, 2.24) is 9.97 Å². The van der Waals surface area contributed by atoms with E-state index in [0.717, 1.165) is 10.2 Å². The summed E-state index contributed by atoms with van der Waals surface area (Å²) in [5, 5.41) is 15.4. The fourth-order valence-corrected chi connectivity index (χ4v) is 3.05. The summed E-state index contributed by atoms with van der Waals surface area (Å²) < 4.78 is 5.79. The molecular weight excluding hydrogens is 416 g/mol. The number of carboxylic acid groups (broad SMARTS) is 1. The molecule has 2 heterocycles. The molecule has 1 amide bonds. The van der Waals surface area contributed by atoms with Gasteiger partial charge in [0.2, 0.25) is 0 Å². The Labute approximate surface area is 161 Å². The molecule has 2 atom stereocenters. The minimum Gasteiger partial charge on any atom is -0.479 e. The van der Waals surface area contributed by atoms with Gasteiger partial charge in [0.15, 0.2) is 12.2 Å². The molecule has 8 nitrogen and oxygen atoms in total. The SMILES string of the molecule is O=C(O)[C@@H]1O[C@H]1C(=O)Nc1ccc2ncnc(Nc3cccc(Br)c3)c2c1. The molecule has 0 aliphatic carbocycles. The molecule has 1 aromatic heterocycles. The van der Waals surface area contributed by atoms with Gasteiger partial charge in [0.25, 0.3) is 5.91 Å². The topological polar surface area (TPSA) is 117 Å². The molecule has 4 rings (SSSR count). The van der Waals surface area contributed by atoms with Gasteiger partial charge in [-0.2, -0.15) is 0 Å². The van der Waals surface area contributed by atoms with E-state index in [0.29, 0.717) is 22.4 Å². The lowest BCUT2D eigenvalue weighted by molar-refractivity contribution is -0.138. The van der Waals surface area contributed by atoms with Gasteiger partial charge in [-0.25, -0.2) is 14.8 Å². The van der Waals surface area contributed by atoms with E-state index in [9.17, 15) is 9.59 Å². The van der Waals surface area contributed by atoms with E-state index >= 15 is 0 Å². The number of nitrogens with one attached hydrogen (secondary N) is 2. The molecule has 1 aliphatic heterocycles. The number of hydrogen-bond acceptors (Lipinski definition) is 6. The Hall–Kier alpha value is -3.04. The highest BCUT2D eigenvalue weighted by Crippen LogP contribution is 2.28. The van der Waals surface area contributed by atoms with Crippen LogP contribution in [0.1, 0.15) is 0 Å². The second-order valence-corrected chi connectivity index (χ2v) is 6.81. The Morgan fingerprint density at radius 3 is 2.67 bits per heavy atom. The summed E-state index contributed by atoms with van der Waals surface area (Å²) in [7, 11) is 0. The van der Waals surface area contributed by atoms with E-state index in [1.165, 1.54) is 6.33 Å². The third kappa shape index (κ3) is 3.74. The number of carboxylic acids is 1. The highest BCUT2D eigenvalue weighted by molar-refractivity contribution is 9.10. The van der Waals surface area contributed by atoms with Crippen molar-refractivity contribution in [1.29, 1.82) is 0 Å². The van der Waals surface area contributed by atoms with Crippen molar-refractivity contribution in [3.63, 3.8) is 0 Å². The second-order valence-electron chi connectivity index (χ2n) is 5.89. The Morgan fingerprint density at radius 2 is 1.93 bits per heavy atom. The smallest absolute Gasteiger partial charge is 0.336 e. The van der Waals surface area contributed by atoms with Crippen molar-refractivity contribution in [2.24, 2.45) is 0 Å². The first-order valence-corrected chi connectivity index (χ1v) is 8.77. The quantitative estimate of drug-likeness (QED) is 0.534. The Morgan fingerprint density at radius 1 is 1.07 bits per heavy atom. The van der Waals surface area contributed by atoms with Crippen LogP contribution < -0.4 is 10.6 Å². The van der Waals surface area contributed by atoms with Crippen LogP contribution >= 0.6 is 15.9 Å². The molecule has 27 heavy (non-hydrogen) atoms. The van der Waals surface area contributed by atoms with Crippen LogP contribution in [0.4, 0.5) is 17.2 Å². The predicted molar refractivity (Wildman–Crippen MR) is 102 cm³/mol. The van der Waals surface area contributed by atoms with Crippen LogP contribution in [0.2, 0.25) is 0 Å². The number of carbonyl (C=O) groups is 2. The summed E-state index contributed by atoms with van der Waals surface area (Å²) in [5.41, 5.74) is 2.04. The Kier molecular flexibility index (Phi) is 4.46. The zero-order chi connectivity index (χ0) is 19.0. The number of aromatic nitrogens is 2. The van der Waals surface area contributed by atoms with Crippen LogP contribution in [0, 0.1) is 0 Å². The zero-order valence-electron chi connectivity index (χ0n) is 13.7. The minimum absolute atomic E-state index is 0.499. The summed E-state index contributed by atoms with van der Waals surface area (Å²) in [6, 6.07) is 12.8. The molecule has 0 bridgehead atoms. The van der Waals surface area contributed by atoms with Crippen molar-refractivity contribution in [2.45, 2.75) is 12.2 Å². The fourth-order valence-electron chi connectivity index (χ4n) is 2.65. The van der Waals surface area contributed by atoms with Crippen molar-refractivity contribution < 1.29 is 19.4 Å². The Balaban J connectivity index is 1.59. The number of amides is 1. The van der Waals surface area contributed by atoms with Crippen molar-refractivity contribution in [2.75, 3.05) is 10.6 Å². The Bertz CT molecular complexity index is 1060. The number of ether oxygens (including phenoxy) is 1. The van der Waals surface area contributed by atoms with Crippen LogP contribution in [-0.2, 0) is 14.3 Å². The lowest BCUT2D eigenvalue weighted by Crippen LogP contribution is -2.22. The van der Waals surface area contributed by atoms with E-state index in [4.69, 9.17) is 9.84 Å². The third-order valence-electron chi connectivity index (χ3n) is 3.98. The second kappa shape index (κ2) is 6.93. The number of halogens is 1. The van der Waals surface area contributed by atoms with Crippen molar-refractivity contribution in [3.8, 4) is 0 Å². The van der Waals surface area contributed by atoms with Crippen LogP contribution in [0.25, 0.3) is 10.9 Å². The molecule has 9 heteroatoms. The number of epoxide rings is 1. The number of aliphatic carboxylic acids is 1. The maximum atomic E-state index is 12.1. The maximum Gasteiger partial charge on any atom is 0.336 e. The van der Waals surface area contributed by atoms with Crippen molar-refractivity contribution in [3.05, 3.63) is 53.3 Å². The molecule has 1 aliphatic rings. The lowest BCUT2D eigenvalue weighted by atomic mass is 10.2. The monoisotopic (exact) mass is 428 g/mol. The fraction of sp³-hybridized carbons (Fsp3) is 0.111. The molecule has 1 saturated heterocycles. The highest BCUT2D eigenvalue weighted by atomic mass is 79.9. The first-order valence-electron chi connectivity index (χ1n) is 7.98. The standard InChI is InChI=1S/C18H13BrN4O4/c19-9-2-1-3-10(6-9)22-16-12-7-11(4-5-13(12)20-8-21-16)23-17(24)14-15(27-14)18(25)26/h1-8,14-15H,(H,23,24)(H,25,26)(H,20,21,22)/t14-,15-/m1/s1. The molecule has 2 aromatic carbocycles. The van der Waals surface area contributed by atoms with Crippen LogP contribution in [0.3, 0.4) is 0 Å². The first kappa shape index (κ1) is 17.4.